The molecular weight excluding hydrogens is 388 g/mol. The zero-order valence-electron chi connectivity index (χ0n) is 14.9. The van der Waals surface area contributed by atoms with Crippen molar-refractivity contribution >= 4 is 58.4 Å². The highest BCUT2D eigenvalue weighted by molar-refractivity contribution is 8.02. The van der Waals surface area contributed by atoms with Gasteiger partial charge in [-0.1, -0.05) is 36.4 Å². The number of benzene rings is 2. The molecule has 1 fully saturated rings. The quantitative estimate of drug-likeness (QED) is 0.738. The molecule has 6 nitrogen and oxygen atoms in total. The van der Waals surface area contributed by atoms with E-state index in [0.717, 1.165) is 22.5 Å². The van der Waals surface area contributed by atoms with E-state index in [-0.39, 0.29) is 30.6 Å². The number of carbonyl (C=O) groups is 3. The monoisotopic (exact) mass is 408 g/mol. The molecule has 3 rings (SSSR count). The van der Waals surface area contributed by atoms with Crippen LogP contribution in [0.25, 0.3) is 10.8 Å². The van der Waals surface area contributed by atoms with E-state index in [1.807, 2.05) is 36.4 Å². The van der Waals surface area contributed by atoms with E-state index in [9.17, 15) is 14.4 Å². The van der Waals surface area contributed by atoms with Gasteiger partial charge in [-0.15, -0.1) is 24.2 Å². The first-order valence-electron chi connectivity index (χ1n) is 8.23. The molecule has 2 atom stereocenters. The Morgan fingerprint density at radius 3 is 2.52 bits per heavy atom. The van der Waals surface area contributed by atoms with Crippen LogP contribution in [0.4, 0.5) is 5.69 Å². The lowest BCUT2D eigenvalue weighted by Gasteiger charge is -2.30. The molecule has 3 N–H and O–H groups in total. The summed E-state index contributed by atoms with van der Waals surface area (Å²) in [5, 5.41) is 10.3. The molecule has 1 aliphatic heterocycles. The van der Waals surface area contributed by atoms with Crippen LogP contribution in [0.15, 0.2) is 42.5 Å². The topological polar surface area (TPSA) is 101 Å². The number of nitrogens with zero attached hydrogens (tertiary/aromatic N) is 1. The smallest absolute Gasteiger partial charge is 0.321 e. The number of hydrogen-bond acceptors (Lipinski definition) is 5. The summed E-state index contributed by atoms with van der Waals surface area (Å²) < 4.78 is -0.888. The maximum Gasteiger partial charge on any atom is 0.321 e. The van der Waals surface area contributed by atoms with Crippen LogP contribution in [0, 0.1) is 0 Å². The molecule has 0 aliphatic carbocycles. The van der Waals surface area contributed by atoms with Crippen LogP contribution < -0.4 is 10.6 Å². The van der Waals surface area contributed by atoms with Crippen molar-refractivity contribution < 1.29 is 19.5 Å². The Kier molecular flexibility index (Phi) is 6.19. The zero-order chi connectivity index (χ0) is 19.1. The van der Waals surface area contributed by atoms with Gasteiger partial charge in [-0.05, 0) is 25.3 Å². The molecule has 1 aliphatic rings. The minimum absolute atomic E-state index is 0. The molecule has 2 aromatic rings. The number of aliphatic carboxylic acids is 1. The van der Waals surface area contributed by atoms with Crippen molar-refractivity contribution in [3.05, 3.63) is 42.5 Å². The van der Waals surface area contributed by atoms with E-state index >= 15 is 0 Å². The van der Waals surface area contributed by atoms with Crippen molar-refractivity contribution in [2.24, 2.45) is 5.73 Å². The first-order chi connectivity index (χ1) is 12.2. The second-order valence-electron chi connectivity index (χ2n) is 6.80. The van der Waals surface area contributed by atoms with Crippen molar-refractivity contribution in [2.75, 3.05) is 4.90 Å². The molecule has 144 valence electrons. The third kappa shape index (κ3) is 3.95. The van der Waals surface area contributed by atoms with E-state index in [1.54, 1.807) is 19.9 Å². The lowest BCUT2D eigenvalue weighted by atomic mass is 10.1. The van der Waals surface area contributed by atoms with E-state index in [1.165, 1.54) is 4.90 Å². The van der Waals surface area contributed by atoms with Gasteiger partial charge in [-0.2, -0.15) is 0 Å². The summed E-state index contributed by atoms with van der Waals surface area (Å²) in [6.07, 6.45) is 0.0302. The summed E-state index contributed by atoms with van der Waals surface area (Å²) in [5.41, 5.74) is 6.30. The molecule has 2 unspecified atom stereocenters. The van der Waals surface area contributed by atoms with Crippen LogP contribution in [-0.2, 0) is 14.4 Å². The number of rotatable bonds is 5. The van der Waals surface area contributed by atoms with Gasteiger partial charge >= 0.3 is 5.97 Å². The average Bonchev–Trinajstić information content (AvgIpc) is 2.86. The number of halogens is 1. The SMILES string of the molecule is CC(C)(SC1CC(=O)N(c2cccc3ccccc23)C1=O)C(N)C(=O)O.Cl. The maximum absolute atomic E-state index is 12.9. The van der Waals surface area contributed by atoms with E-state index in [4.69, 9.17) is 10.8 Å². The van der Waals surface area contributed by atoms with E-state index in [0.29, 0.717) is 5.69 Å². The predicted molar refractivity (Wildman–Crippen MR) is 109 cm³/mol. The number of imide groups is 1. The minimum atomic E-state index is -1.14. The summed E-state index contributed by atoms with van der Waals surface area (Å²) in [6, 6.07) is 11.9. The number of anilines is 1. The van der Waals surface area contributed by atoms with Gasteiger partial charge in [0, 0.05) is 16.6 Å². The largest absolute Gasteiger partial charge is 0.480 e. The van der Waals surface area contributed by atoms with Gasteiger partial charge in [0.2, 0.25) is 11.8 Å². The van der Waals surface area contributed by atoms with Crippen molar-refractivity contribution in [1.29, 1.82) is 0 Å². The number of hydrogen-bond donors (Lipinski definition) is 2. The van der Waals surface area contributed by atoms with Crippen LogP contribution in [0.2, 0.25) is 0 Å². The van der Waals surface area contributed by atoms with Gasteiger partial charge in [0.15, 0.2) is 0 Å². The van der Waals surface area contributed by atoms with Crippen LogP contribution in [0.3, 0.4) is 0 Å². The van der Waals surface area contributed by atoms with Crippen LogP contribution >= 0.6 is 24.2 Å². The number of carboxylic acid groups (broad SMARTS) is 1. The van der Waals surface area contributed by atoms with Gasteiger partial charge in [0.05, 0.1) is 10.9 Å². The molecule has 1 saturated heterocycles. The van der Waals surface area contributed by atoms with Gasteiger partial charge in [-0.25, -0.2) is 4.90 Å². The molecule has 2 amide bonds. The number of nitrogens with two attached hydrogens (primary N) is 1. The summed E-state index contributed by atoms with van der Waals surface area (Å²) in [7, 11) is 0. The lowest BCUT2D eigenvalue weighted by molar-refractivity contribution is -0.139. The lowest BCUT2D eigenvalue weighted by Crippen LogP contribution is -2.48. The molecule has 0 radical (unpaired) electrons. The number of carbonyl (C=O) groups excluding carboxylic acids is 2. The summed E-state index contributed by atoms with van der Waals surface area (Å²) in [6.45, 7) is 3.35. The Bertz CT molecular complexity index is 897. The predicted octanol–water partition coefficient (Wildman–Crippen LogP) is 2.82. The first kappa shape index (κ1) is 21.2. The Morgan fingerprint density at radius 1 is 1.22 bits per heavy atom. The van der Waals surface area contributed by atoms with E-state index < -0.39 is 22.0 Å². The first-order valence-corrected chi connectivity index (χ1v) is 9.11. The molecule has 27 heavy (non-hydrogen) atoms. The second-order valence-corrected chi connectivity index (χ2v) is 8.65. The molecule has 0 spiro atoms. The number of amides is 2. The van der Waals surface area contributed by atoms with Gasteiger partial charge in [0.25, 0.3) is 0 Å². The number of thioether (sulfide) groups is 1. The fourth-order valence-corrected chi connectivity index (χ4v) is 4.50. The Balaban J connectivity index is 0.00000261. The standard InChI is InChI=1S/C19H20N2O4S.ClH/c1-19(2,16(20)18(24)25)26-14-10-15(22)21(17(14)23)13-9-5-7-11-6-3-4-8-12(11)13;/h3-9,14,16H,10,20H2,1-2H3,(H,24,25);1H. The fourth-order valence-electron chi connectivity index (χ4n) is 3.09. The third-order valence-corrected chi connectivity index (χ3v) is 6.09. The van der Waals surface area contributed by atoms with Gasteiger partial charge in [0.1, 0.15) is 6.04 Å². The highest BCUT2D eigenvalue weighted by atomic mass is 35.5. The van der Waals surface area contributed by atoms with Crippen molar-refractivity contribution in [2.45, 2.75) is 36.3 Å². The molecule has 0 aromatic heterocycles. The summed E-state index contributed by atoms with van der Waals surface area (Å²) in [4.78, 5) is 37.9. The highest BCUT2D eigenvalue weighted by Crippen LogP contribution is 2.39. The Labute approximate surface area is 167 Å². The highest BCUT2D eigenvalue weighted by Gasteiger charge is 2.45. The Morgan fingerprint density at radius 2 is 1.85 bits per heavy atom. The molecule has 8 heteroatoms. The maximum atomic E-state index is 12.9. The molecule has 2 aromatic carbocycles. The van der Waals surface area contributed by atoms with Crippen molar-refractivity contribution in [1.82, 2.24) is 0 Å². The van der Waals surface area contributed by atoms with Crippen LogP contribution in [0.1, 0.15) is 20.3 Å². The third-order valence-electron chi connectivity index (χ3n) is 4.57. The van der Waals surface area contributed by atoms with Crippen LogP contribution in [0.5, 0.6) is 0 Å². The molecule has 0 bridgehead atoms. The minimum Gasteiger partial charge on any atom is -0.480 e. The molecular formula is C19H21ClN2O4S. The molecule has 0 saturated carbocycles. The second kappa shape index (κ2) is 7.88. The number of fused-ring (bicyclic) bond motifs is 1. The summed E-state index contributed by atoms with van der Waals surface area (Å²) >= 11 is 1.14. The van der Waals surface area contributed by atoms with Gasteiger partial charge in [-0.3, -0.25) is 14.4 Å². The zero-order valence-corrected chi connectivity index (χ0v) is 16.5. The Hall–Kier alpha value is -2.09. The fraction of sp³-hybridized carbons (Fsp3) is 0.316. The van der Waals surface area contributed by atoms with Crippen LogP contribution in [-0.4, -0.2) is 38.9 Å². The average molecular weight is 409 g/mol. The summed E-state index contributed by atoms with van der Waals surface area (Å²) in [5.74, 6) is -1.75. The normalized spacial score (nSPS) is 18.5. The van der Waals surface area contributed by atoms with Gasteiger partial charge < -0.3 is 10.8 Å². The van der Waals surface area contributed by atoms with Crippen molar-refractivity contribution in [3.8, 4) is 0 Å². The van der Waals surface area contributed by atoms with E-state index in [2.05, 4.69) is 0 Å². The van der Waals surface area contributed by atoms with Crippen molar-refractivity contribution in [3.63, 3.8) is 0 Å². The molecule has 1 heterocycles. The number of carboxylic acids is 1.